The summed E-state index contributed by atoms with van der Waals surface area (Å²) in [5.74, 6) is 0.372. The maximum atomic E-state index is 12.0. The lowest BCUT2D eigenvalue weighted by molar-refractivity contribution is 0.0984. The molecule has 1 N–H and O–H groups in total. The highest BCUT2D eigenvalue weighted by molar-refractivity contribution is 14.1. The molecule has 0 atom stereocenters. The van der Waals surface area contributed by atoms with Crippen LogP contribution >= 0.6 is 22.6 Å². The van der Waals surface area contributed by atoms with Crippen molar-refractivity contribution in [3.63, 3.8) is 0 Å². The Morgan fingerprint density at radius 2 is 2.06 bits per heavy atom. The van der Waals surface area contributed by atoms with E-state index in [-0.39, 0.29) is 5.25 Å². The zero-order valence-electron chi connectivity index (χ0n) is 9.10. The second kappa shape index (κ2) is 5.49. The van der Waals surface area contributed by atoms with Crippen LogP contribution in [0.3, 0.4) is 0 Å². The van der Waals surface area contributed by atoms with Crippen molar-refractivity contribution in [2.45, 2.75) is 18.1 Å². The van der Waals surface area contributed by atoms with E-state index < -0.39 is 10.0 Å². The van der Waals surface area contributed by atoms with E-state index in [0.29, 0.717) is 31.9 Å². The SMILES string of the molecule is O=S(=O)(Nc1ccc(I)cn1)C1CCOCC1. The number of halogens is 1. The molecule has 0 bridgehead atoms. The van der Waals surface area contributed by atoms with Gasteiger partial charge in [-0.2, -0.15) is 0 Å². The molecule has 1 saturated heterocycles. The van der Waals surface area contributed by atoms with Gasteiger partial charge in [0, 0.05) is 23.0 Å². The molecule has 2 heterocycles. The molecule has 0 radical (unpaired) electrons. The third-order valence-electron chi connectivity index (χ3n) is 2.58. The van der Waals surface area contributed by atoms with Crippen LogP contribution in [0.25, 0.3) is 0 Å². The van der Waals surface area contributed by atoms with E-state index in [4.69, 9.17) is 4.74 Å². The highest BCUT2D eigenvalue weighted by Gasteiger charge is 2.27. The van der Waals surface area contributed by atoms with Gasteiger partial charge in [0.05, 0.1) is 5.25 Å². The van der Waals surface area contributed by atoms with Crippen molar-refractivity contribution in [2.24, 2.45) is 0 Å². The number of hydrogen-bond donors (Lipinski definition) is 1. The summed E-state index contributed by atoms with van der Waals surface area (Å²) in [6.45, 7) is 1.01. The molecule has 2 rings (SSSR count). The maximum Gasteiger partial charge on any atom is 0.236 e. The fourth-order valence-corrected chi connectivity index (χ4v) is 3.36. The monoisotopic (exact) mass is 368 g/mol. The van der Waals surface area contributed by atoms with E-state index in [2.05, 4.69) is 32.3 Å². The van der Waals surface area contributed by atoms with E-state index in [1.54, 1.807) is 12.3 Å². The quantitative estimate of drug-likeness (QED) is 0.824. The van der Waals surface area contributed by atoms with Gasteiger partial charge < -0.3 is 4.74 Å². The van der Waals surface area contributed by atoms with Crippen molar-refractivity contribution >= 4 is 38.4 Å². The Balaban J connectivity index is 2.08. The molecule has 1 aromatic heterocycles. The number of anilines is 1. The van der Waals surface area contributed by atoms with Gasteiger partial charge in [-0.25, -0.2) is 13.4 Å². The molecule has 0 aromatic carbocycles. The van der Waals surface area contributed by atoms with Gasteiger partial charge >= 0.3 is 0 Å². The Morgan fingerprint density at radius 3 is 2.65 bits per heavy atom. The van der Waals surface area contributed by atoms with Gasteiger partial charge in [-0.05, 0) is 47.6 Å². The van der Waals surface area contributed by atoms with Crippen LogP contribution in [0.4, 0.5) is 5.82 Å². The minimum Gasteiger partial charge on any atom is -0.381 e. The lowest BCUT2D eigenvalue weighted by atomic mass is 10.2. The predicted molar refractivity (Wildman–Crippen MR) is 73.3 cm³/mol. The van der Waals surface area contributed by atoms with Gasteiger partial charge in [-0.3, -0.25) is 4.72 Å². The summed E-state index contributed by atoms with van der Waals surface area (Å²) >= 11 is 2.12. The van der Waals surface area contributed by atoms with E-state index in [1.165, 1.54) is 0 Å². The summed E-state index contributed by atoms with van der Waals surface area (Å²) in [6.07, 6.45) is 2.71. The lowest BCUT2D eigenvalue weighted by Gasteiger charge is -2.22. The van der Waals surface area contributed by atoms with Crippen LogP contribution in [-0.4, -0.2) is 31.9 Å². The minimum atomic E-state index is -3.34. The smallest absolute Gasteiger partial charge is 0.236 e. The molecule has 1 aliphatic heterocycles. The molecular weight excluding hydrogens is 355 g/mol. The Morgan fingerprint density at radius 1 is 1.35 bits per heavy atom. The van der Waals surface area contributed by atoms with Crippen LogP contribution < -0.4 is 4.72 Å². The minimum absolute atomic E-state index is 0.372. The second-order valence-electron chi connectivity index (χ2n) is 3.82. The van der Waals surface area contributed by atoms with Gasteiger partial charge in [-0.1, -0.05) is 0 Å². The fourth-order valence-electron chi connectivity index (χ4n) is 1.65. The van der Waals surface area contributed by atoms with Crippen LogP contribution in [0.1, 0.15) is 12.8 Å². The summed E-state index contributed by atoms with van der Waals surface area (Å²) < 4.78 is 32.7. The predicted octanol–water partition coefficient (Wildman–Crippen LogP) is 1.61. The van der Waals surface area contributed by atoms with Crippen molar-refractivity contribution in [3.8, 4) is 0 Å². The van der Waals surface area contributed by atoms with Crippen molar-refractivity contribution in [1.29, 1.82) is 0 Å². The van der Waals surface area contributed by atoms with Gasteiger partial charge in [0.2, 0.25) is 10.0 Å². The van der Waals surface area contributed by atoms with Crippen molar-refractivity contribution < 1.29 is 13.2 Å². The number of sulfonamides is 1. The molecule has 0 amide bonds. The van der Waals surface area contributed by atoms with Crippen molar-refractivity contribution in [1.82, 2.24) is 4.98 Å². The molecule has 0 unspecified atom stereocenters. The second-order valence-corrected chi connectivity index (χ2v) is 7.03. The summed E-state index contributed by atoms with van der Waals surface area (Å²) in [4.78, 5) is 4.03. The molecule has 1 aliphatic rings. The summed E-state index contributed by atoms with van der Waals surface area (Å²) in [6, 6.07) is 3.48. The fraction of sp³-hybridized carbons (Fsp3) is 0.500. The van der Waals surface area contributed by atoms with Crippen LogP contribution in [0, 0.1) is 3.57 Å². The lowest BCUT2D eigenvalue weighted by Crippen LogP contribution is -2.33. The third kappa shape index (κ3) is 3.52. The molecule has 5 nitrogen and oxygen atoms in total. The molecule has 0 saturated carbocycles. The van der Waals surface area contributed by atoms with Gasteiger partial charge in [0.15, 0.2) is 0 Å². The Bertz CT molecular complexity index is 469. The number of hydrogen-bond acceptors (Lipinski definition) is 4. The average molecular weight is 368 g/mol. The molecule has 1 aromatic rings. The first-order valence-corrected chi connectivity index (χ1v) is 7.91. The molecule has 17 heavy (non-hydrogen) atoms. The van der Waals surface area contributed by atoms with Crippen LogP contribution in [0.2, 0.25) is 0 Å². The highest BCUT2D eigenvalue weighted by atomic mass is 127. The van der Waals surface area contributed by atoms with Crippen molar-refractivity contribution in [3.05, 3.63) is 21.9 Å². The Hall–Kier alpha value is -0.410. The van der Waals surface area contributed by atoms with Gasteiger partial charge in [0.25, 0.3) is 0 Å². The van der Waals surface area contributed by atoms with E-state index in [0.717, 1.165) is 3.57 Å². The zero-order valence-corrected chi connectivity index (χ0v) is 12.1. The van der Waals surface area contributed by atoms with Gasteiger partial charge in [0.1, 0.15) is 5.82 Å². The first-order chi connectivity index (χ1) is 8.08. The molecule has 94 valence electrons. The van der Waals surface area contributed by atoms with Crippen LogP contribution in [-0.2, 0) is 14.8 Å². The summed E-state index contributed by atoms with van der Waals surface area (Å²) in [5, 5.41) is -0.377. The topological polar surface area (TPSA) is 68.3 Å². The van der Waals surface area contributed by atoms with E-state index >= 15 is 0 Å². The van der Waals surface area contributed by atoms with E-state index in [1.807, 2.05) is 6.07 Å². The average Bonchev–Trinajstić information content (AvgIpc) is 2.33. The molecule has 7 heteroatoms. The van der Waals surface area contributed by atoms with Crippen LogP contribution in [0.15, 0.2) is 18.3 Å². The van der Waals surface area contributed by atoms with Crippen LogP contribution in [0.5, 0.6) is 0 Å². The normalized spacial score (nSPS) is 17.9. The highest BCUT2D eigenvalue weighted by Crippen LogP contribution is 2.18. The molecule has 1 fully saturated rings. The summed E-state index contributed by atoms with van der Waals surface area (Å²) in [7, 11) is -3.34. The number of aromatic nitrogens is 1. The number of nitrogens with zero attached hydrogens (tertiary/aromatic N) is 1. The molecular formula is C10H13IN2O3S. The van der Waals surface area contributed by atoms with E-state index in [9.17, 15) is 8.42 Å². The Labute approximate surface area is 114 Å². The zero-order chi connectivity index (χ0) is 12.3. The number of nitrogens with one attached hydrogen (secondary N) is 1. The number of rotatable bonds is 3. The first kappa shape index (κ1) is 13.0. The first-order valence-electron chi connectivity index (χ1n) is 5.29. The van der Waals surface area contributed by atoms with Gasteiger partial charge in [-0.15, -0.1) is 0 Å². The standard InChI is InChI=1S/C10H13IN2O3S/c11-8-1-2-10(12-7-8)13-17(14,15)9-3-5-16-6-4-9/h1-2,7,9H,3-6H2,(H,12,13). The molecule has 0 aliphatic carbocycles. The largest absolute Gasteiger partial charge is 0.381 e. The summed E-state index contributed by atoms with van der Waals surface area (Å²) in [5.41, 5.74) is 0. The number of pyridine rings is 1. The third-order valence-corrected chi connectivity index (χ3v) is 5.06. The number of ether oxygens (including phenoxy) is 1. The maximum absolute atomic E-state index is 12.0. The van der Waals surface area contributed by atoms with Crippen molar-refractivity contribution in [2.75, 3.05) is 17.9 Å². The Kier molecular flexibility index (Phi) is 4.21. The molecule has 0 spiro atoms.